The van der Waals surface area contributed by atoms with Gasteiger partial charge in [0.1, 0.15) is 5.54 Å². The van der Waals surface area contributed by atoms with Crippen LogP contribution in [0.15, 0.2) is 0 Å². The molecule has 0 aromatic rings. The first-order valence-electron chi connectivity index (χ1n) is 5.71. The lowest BCUT2D eigenvalue weighted by molar-refractivity contribution is -0.142. The summed E-state index contributed by atoms with van der Waals surface area (Å²) < 4.78 is 32.0. The highest BCUT2D eigenvalue weighted by atomic mass is 32.2. The minimum atomic E-state index is -3.62. The standard InChI is InChI=1S/C9H17N3O5S/c10-9(8(13)14)1-2-12(7-9)18(15,16)11-3-5-17-6-4-11/h1-7,10H2,(H,13,14). The van der Waals surface area contributed by atoms with Crippen molar-refractivity contribution in [1.82, 2.24) is 8.61 Å². The zero-order valence-electron chi connectivity index (χ0n) is 9.91. The van der Waals surface area contributed by atoms with E-state index >= 15 is 0 Å². The maximum atomic E-state index is 12.2. The summed E-state index contributed by atoms with van der Waals surface area (Å²) in [6.07, 6.45) is 0.131. The van der Waals surface area contributed by atoms with Crippen LogP contribution in [0.2, 0.25) is 0 Å². The smallest absolute Gasteiger partial charge is 0.325 e. The largest absolute Gasteiger partial charge is 0.480 e. The third-order valence-corrected chi connectivity index (χ3v) is 5.30. The molecule has 9 heteroatoms. The second-order valence-electron chi connectivity index (χ2n) is 4.56. The van der Waals surface area contributed by atoms with E-state index in [9.17, 15) is 13.2 Å². The van der Waals surface area contributed by atoms with Gasteiger partial charge in [0.15, 0.2) is 0 Å². The van der Waals surface area contributed by atoms with Gasteiger partial charge in [-0.15, -0.1) is 0 Å². The second-order valence-corrected chi connectivity index (χ2v) is 6.49. The second kappa shape index (κ2) is 4.74. The van der Waals surface area contributed by atoms with Gasteiger partial charge < -0.3 is 15.6 Å². The third-order valence-electron chi connectivity index (χ3n) is 3.31. The first-order valence-corrected chi connectivity index (χ1v) is 7.11. The molecule has 0 bridgehead atoms. The molecule has 0 aliphatic carbocycles. The van der Waals surface area contributed by atoms with Crippen LogP contribution < -0.4 is 5.73 Å². The molecule has 104 valence electrons. The number of hydrogen-bond acceptors (Lipinski definition) is 5. The van der Waals surface area contributed by atoms with Crippen molar-refractivity contribution in [2.24, 2.45) is 5.73 Å². The minimum Gasteiger partial charge on any atom is -0.480 e. The van der Waals surface area contributed by atoms with E-state index in [1.807, 2.05) is 0 Å². The van der Waals surface area contributed by atoms with E-state index in [1.165, 1.54) is 4.31 Å². The summed E-state index contributed by atoms with van der Waals surface area (Å²) in [5.41, 5.74) is 4.20. The van der Waals surface area contributed by atoms with E-state index < -0.39 is 21.7 Å². The molecule has 0 radical (unpaired) electrons. The van der Waals surface area contributed by atoms with Gasteiger partial charge in [-0.25, -0.2) is 0 Å². The molecule has 0 saturated carbocycles. The number of nitrogens with zero attached hydrogens (tertiary/aromatic N) is 2. The number of hydrogen-bond donors (Lipinski definition) is 2. The van der Waals surface area contributed by atoms with Gasteiger partial charge in [-0.1, -0.05) is 0 Å². The van der Waals surface area contributed by atoms with Crippen LogP contribution in [0, 0.1) is 0 Å². The fourth-order valence-electron chi connectivity index (χ4n) is 2.11. The summed E-state index contributed by atoms with van der Waals surface area (Å²) in [5, 5.41) is 8.99. The Morgan fingerprint density at radius 3 is 2.33 bits per heavy atom. The van der Waals surface area contributed by atoms with Crippen LogP contribution in [0.1, 0.15) is 6.42 Å². The van der Waals surface area contributed by atoms with Gasteiger partial charge in [0.05, 0.1) is 13.2 Å². The average molecular weight is 279 g/mol. The molecule has 0 spiro atoms. The Labute approximate surface area is 105 Å². The van der Waals surface area contributed by atoms with Crippen LogP contribution in [-0.4, -0.2) is 73.0 Å². The third kappa shape index (κ3) is 2.36. The predicted molar refractivity (Wildman–Crippen MR) is 62.1 cm³/mol. The van der Waals surface area contributed by atoms with Crippen LogP contribution in [0.4, 0.5) is 0 Å². The molecule has 2 aliphatic heterocycles. The number of aliphatic carboxylic acids is 1. The number of morpholine rings is 1. The van der Waals surface area contributed by atoms with Crippen LogP contribution in [0.3, 0.4) is 0 Å². The lowest BCUT2D eigenvalue weighted by atomic mass is 10.0. The molecule has 2 heterocycles. The van der Waals surface area contributed by atoms with Gasteiger partial charge >= 0.3 is 5.97 Å². The predicted octanol–water partition coefficient (Wildman–Crippen LogP) is -1.95. The monoisotopic (exact) mass is 279 g/mol. The summed E-state index contributed by atoms with van der Waals surface area (Å²) in [5.74, 6) is -1.16. The molecule has 0 aromatic carbocycles. The number of ether oxygens (including phenoxy) is 1. The van der Waals surface area contributed by atoms with Gasteiger partial charge in [0.2, 0.25) is 0 Å². The Morgan fingerprint density at radius 1 is 1.22 bits per heavy atom. The Kier molecular flexibility index (Phi) is 3.60. The fourth-order valence-corrected chi connectivity index (χ4v) is 3.76. The Hall–Kier alpha value is -0.740. The Bertz CT molecular complexity index is 433. The summed E-state index contributed by atoms with van der Waals surface area (Å²) in [4.78, 5) is 11.0. The van der Waals surface area contributed by atoms with E-state index in [2.05, 4.69) is 0 Å². The molecule has 3 N–H and O–H groups in total. The first kappa shape index (κ1) is 13.7. The topological polar surface area (TPSA) is 113 Å². The van der Waals surface area contributed by atoms with E-state index in [-0.39, 0.29) is 19.5 Å². The van der Waals surface area contributed by atoms with Crippen molar-refractivity contribution in [1.29, 1.82) is 0 Å². The lowest BCUT2D eigenvalue weighted by Crippen LogP contribution is -2.53. The van der Waals surface area contributed by atoms with E-state index in [4.69, 9.17) is 15.6 Å². The molecule has 0 amide bonds. The van der Waals surface area contributed by atoms with Crippen LogP contribution in [0.5, 0.6) is 0 Å². The Morgan fingerprint density at radius 2 is 1.83 bits per heavy atom. The number of carboxylic acid groups (broad SMARTS) is 1. The van der Waals surface area contributed by atoms with Crippen molar-refractivity contribution >= 4 is 16.2 Å². The highest BCUT2D eigenvalue weighted by molar-refractivity contribution is 7.86. The molecule has 1 unspecified atom stereocenters. The SMILES string of the molecule is NC1(C(=O)O)CCN(S(=O)(=O)N2CCOCC2)C1. The highest BCUT2D eigenvalue weighted by Gasteiger charge is 2.46. The van der Waals surface area contributed by atoms with Crippen molar-refractivity contribution in [3.05, 3.63) is 0 Å². The van der Waals surface area contributed by atoms with Crippen LogP contribution >= 0.6 is 0 Å². The molecule has 1 atom stereocenters. The van der Waals surface area contributed by atoms with Crippen molar-refractivity contribution in [2.45, 2.75) is 12.0 Å². The van der Waals surface area contributed by atoms with Crippen molar-refractivity contribution in [3.63, 3.8) is 0 Å². The highest BCUT2D eigenvalue weighted by Crippen LogP contribution is 2.24. The molecule has 18 heavy (non-hydrogen) atoms. The van der Waals surface area contributed by atoms with E-state index in [0.717, 1.165) is 4.31 Å². The molecule has 2 saturated heterocycles. The van der Waals surface area contributed by atoms with Crippen molar-refractivity contribution in [2.75, 3.05) is 39.4 Å². The molecule has 0 aromatic heterocycles. The molecular weight excluding hydrogens is 262 g/mol. The number of nitrogens with two attached hydrogens (primary N) is 1. The van der Waals surface area contributed by atoms with Gasteiger partial charge in [-0.05, 0) is 6.42 Å². The van der Waals surface area contributed by atoms with Gasteiger partial charge in [0.25, 0.3) is 10.2 Å². The van der Waals surface area contributed by atoms with Gasteiger partial charge in [0, 0.05) is 26.2 Å². The van der Waals surface area contributed by atoms with Crippen LogP contribution in [-0.2, 0) is 19.7 Å². The van der Waals surface area contributed by atoms with E-state index in [0.29, 0.717) is 26.3 Å². The average Bonchev–Trinajstić information content (AvgIpc) is 2.75. The Balaban J connectivity index is 2.10. The molecular formula is C9H17N3O5S. The molecule has 2 aliphatic rings. The summed E-state index contributed by atoms with van der Waals surface area (Å²) in [6.45, 7) is 1.27. The van der Waals surface area contributed by atoms with E-state index in [1.54, 1.807) is 0 Å². The fraction of sp³-hybridized carbons (Fsp3) is 0.889. The lowest BCUT2D eigenvalue weighted by Gasteiger charge is -2.30. The van der Waals surface area contributed by atoms with Crippen molar-refractivity contribution in [3.8, 4) is 0 Å². The number of carboxylic acids is 1. The quantitative estimate of drug-likeness (QED) is 0.621. The maximum Gasteiger partial charge on any atom is 0.325 e. The summed E-state index contributed by atoms with van der Waals surface area (Å²) in [6, 6.07) is 0. The summed E-state index contributed by atoms with van der Waals surface area (Å²) >= 11 is 0. The molecule has 2 rings (SSSR count). The normalized spacial score (nSPS) is 31.6. The minimum absolute atomic E-state index is 0.131. The number of rotatable bonds is 3. The van der Waals surface area contributed by atoms with Crippen molar-refractivity contribution < 1.29 is 23.1 Å². The van der Waals surface area contributed by atoms with Crippen LogP contribution in [0.25, 0.3) is 0 Å². The molecule has 8 nitrogen and oxygen atoms in total. The zero-order chi connectivity index (χ0) is 13.4. The molecule has 2 fully saturated rings. The first-order chi connectivity index (χ1) is 8.36. The summed E-state index contributed by atoms with van der Waals surface area (Å²) in [7, 11) is -3.62. The van der Waals surface area contributed by atoms with Gasteiger partial charge in [-0.3, -0.25) is 4.79 Å². The zero-order valence-corrected chi connectivity index (χ0v) is 10.7. The number of carbonyl (C=O) groups is 1. The maximum absolute atomic E-state index is 12.2. The van der Waals surface area contributed by atoms with Gasteiger partial charge in [-0.2, -0.15) is 17.0 Å².